The first-order valence-electron chi connectivity index (χ1n) is 8.82. The largest absolute Gasteiger partial charge is 0.483 e. The minimum Gasteiger partial charge on any atom is -0.483 e. The number of sulfonamides is 1. The number of benzene rings is 2. The van der Waals surface area contributed by atoms with Crippen molar-refractivity contribution in [3.63, 3.8) is 0 Å². The molecular weight excluding hydrogens is 409 g/mol. The molecule has 3 rings (SSSR count). The molecule has 1 heterocycles. The van der Waals surface area contributed by atoms with E-state index in [1.807, 2.05) is 12.1 Å². The number of carbonyl (C=O) groups is 1. The first-order chi connectivity index (χ1) is 13.7. The third-order valence-corrected chi connectivity index (χ3v) is 6.18. The van der Waals surface area contributed by atoms with E-state index < -0.39 is 40.0 Å². The van der Waals surface area contributed by atoms with Crippen molar-refractivity contribution in [1.29, 1.82) is 0 Å². The van der Waals surface area contributed by atoms with E-state index in [9.17, 15) is 26.4 Å². The Labute approximate surface area is 166 Å². The average Bonchev–Trinajstić information content (AvgIpc) is 3.11. The van der Waals surface area contributed by atoms with E-state index in [1.54, 1.807) is 12.1 Å². The summed E-state index contributed by atoms with van der Waals surface area (Å²) in [5, 5.41) is 2.36. The van der Waals surface area contributed by atoms with Crippen LogP contribution >= 0.6 is 0 Å². The molecule has 0 fully saturated rings. The van der Waals surface area contributed by atoms with Gasteiger partial charge in [-0.1, -0.05) is 30.3 Å². The first kappa shape index (κ1) is 21.0. The van der Waals surface area contributed by atoms with Gasteiger partial charge in [-0.3, -0.25) is 9.10 Å². The van der Waals surface area contributed by atoms with Gasteiger partial charge >= 0.3 is 6.18 Å². The molecule has 1 aliphatic rings. The number of alkyl halides is 3. The molecule has 156 valence electrons. The number of amides is 1. The Morgan fingerprint density at radius 3 is 2.55 bits per heavy atom. The fraction of sp³-hybridized carbons (Fsp3) is 0.316. The summed E-state index contributed by atoms with van der Waals surface area (Å²) in [6, 6.07) is 11.7. The van der Waals surface area contributed by atoms with Crippen molar-refractivity contribution in [2.24, 2.45) is 0 Å². The summed E-state index contributed by atoms with van der Waals surface area (Å²) in [6.07, 6.45) is -3.98. The predicted octanol–water partition coefficient (Wildman–Crippen LogP) is 2.59. The van der Waals surface area contributed by atoms with Gasteiger partial charge in [-0.2, -0.15) is 13.2 Å². The predicted molar refractivity (Wildman–Crippen MR) is 101 cm³/mol. The van der Waals surface area contributed by atoms with Crippen molar-refractivity contribution in [1.82, 2.24) is 5.32 Å². The molecule has 0 saturated heterocycles. The molecule has 0 unspecified atom stereocenters. The first-order valence-corrected chi connectivity index (χ1v) is 10.4. The van der Waals surface area contributed by atoms with Crippen LogP contribution in [0.2, 0.25) is 0 Å². The lowest BCUT2D eigenvalue weighted by molar-refractivity contribution is -0.139. The smallest absolute Gasteiger partial charge is 0.419 e. The van der Waals surface area contributed by atoms with Gasteiger partial charge in [0.15, 0.2) is 6.61 Å². The van der Waals surface area contributed by atoms with Crippen LogP contribution in [0.25, 0.3) is 0 Å². The molecule has 1 amide bonds. The topological polar surface area (TPSA) is 75.7 Å². The zero-order valence-electron chi connectivity index (χ0n) is 15.3. The van der Waals surface area contributed by atoms with Crippen molar-refractivity contribution in [2.45, 2.75) is 12.6 Å². The molecule has 0 atom stereocenters. The van der Waals surface area contributed by atoms with E-state index in [0.717, 1.165) is 17.7 Å². The number of hydrogen-bond donors (Lipinski definition) is 1. The highest BCUT2D eigenvalue weighted by Gasteiger charge is 2.34. The second kappa shape index (κ2) is 8.32. The van der Waals surface area contributed by atoms with E-state index in [-0.39, 0.29) is 12.3 Å². The van der Waals surface area contributed by atoms with Crippen molar-refractivity contribution in [2.75, 3.05) is 29.8 Å². The number of nitrogens with one attached hydrogen (secondary N) is 1. The molecule has 0 bridgehead atoms. The second-order valence-corrected chi connectivity index (χ2v) is 8.41. The third-order valence-electron chi connectivity index (χ3n) is 4.41. The lowest BCUT2D eigenvalue weighted by atomic mass is 10.2. The Bertz CT molecular complexity index is 993. The standard InChI is InChI=1S/C19H19F3N2O4S/c20-19(21,22)15-6-2-4-8-17(15)28-13-18(25)23-10-12-29(26,27)24-11-9-14-5-1-3-7-16(14)24/h1-8H,9-13H2,(H,23,25). The van der Waals surface area contributed by atoms with Crippen molar-refractivity contribution < 1.29 is 31.1 Å². The van der Waals surface area contributed by atoms with E-state index in [4.69, 9.17) is 4.74 Å². The fourth-order valence-electron chi connectivity index (χ4n) is 3.05. The lowest BCUT2D eigenvalue weighted by Crippen LogP contribution is -2.38. The van der Waals surface area contributed by atoms with Gasteiger partial charge in [0.1, 0.15) is 5.75 Å². The van der Waals surface area contributed by atoms with Gasteiger partial charge in [0.2, 0.25) is 10.0 Å². The molecule has 1 aliphatic heterocycles. The lowest BCUT2D eigenvalue weighted by Gasteiger charge is -2.19. The Morgan fingerprint density at radius 1 is 1.10 bits per heavy atom. The minimum atomic E-state index is -4.60. The molecule has 0 radical (unpaired) electrons. The van der Waals surface area contributed by atoms with Crippen LogP contribution in [0.5, 0.6) is 5.75 Å². The Morgan fingerprint density at radius 2 is 1.79 bits per heavy atom. The average molecular weight is 428 g/mol. The van der Waals surface area contributed by atoms with Crippen LogP contribution in [0.3, 0.4) is 0 Å². The highest BCUT2D eigenvalue weighted by Crippen LogP contribution is 2.35. The van der Waals surface area contributed by atoms with Crippen molar-refractivity contribution in [3.05, 3.63) is 59.7 Å². The van der Waals surface area contributed by atoms with Crippen LogP contribution < -0.4 is 14.4 Å². The number of para-hydroxylation sites is 2. The number of fused-ring (bicyclic) bond motifs is 1. The number of anilines is 1. The Hall–Kier alpha value is -2.75. The number of ether oxygens (including phenoxy) is 1. The van der Waals surface area contributed by atoms with Crippen LogP contribution in [-0.2, 0) is 27.4 Å². The summed E-state index contributed by atoms with van der Waals surface area (Å²) in [5.74, 6) is -1.50. The van der Waals surface area contributed by atoms with Crippen molar-refractivity contribution >= 4 is 21.6 Å². The van der Waals surface area contributed by atoms with Gasteiger partial charge in [-0.25, -0.2) is 8.42 Å². The van der Waals surface area contributed by atoms with Gasteiger partial charge in [0.05, 0.1) is 17.0 Å². The van der Waals surface area contributed by atoms with Crippen LogP contribution in [0, 0.1) is 0 Å². The van der Waals surface area contributed by atoms with Gasteiger partial charge in [0, 0.05) is 13.1 Å². The molecule has 0 spiro atoms. The summed E-state index contributed by atoms with van der Waals surface area (Å²) in [7, 11) is -3.63. The highest BCUT2D eigenvalue weighted by molar-refractivity contribution is 7.92. The summed E-state index contributed by atoms with van der Waals surface area (Å²) < 4.78 is 70.1. The number of nitrogens with zero attached hydrogens (tertiary/aromatic N) is 1. The summed E-state index contributed by atoms with van der Waals surface area (Å²) in [6.45, 7) is -0.489. The molecule has 1 N–H and O–H groups in total. The summed E-state index contributed by atoms with van der Waals surface area (Å²) in [4.78, 5) is 11.9. The van der Waals surface area contributed by atoms with Gasteiger partial charge in [-0.15, -0.1) is 0 Å². The maximum atomic E-state index is 12.9. The minimum absolute atomic E-state index is 0.176. The number of hydrogen-bond acceptors (Lipinski definition) is 4. The summed E-state index contributed by atoms with van der Waals surface area (Å²) in [5.41, 5.74) is 0.589. The third kappa shape index (κ3) is 5.00. The van der Waals surface area contributed by atoms with Gasteiger partial charge in [-0.05, 0) is 30.2 Å². The van der Waals surface area contributed by atoms with Crippen molar-refractivity contribution in [3.8, 4) is 5.75 Å². The Kier molecular flexibility index (Phi) is 6.02. The number of carbonyl (C=O) groups excluding carboxylic acids is 1. The second-order valence-electron chi connectivity index (χ2n) is 6.40. The van der Waals surface area contributed by atoms with Crippen LogP contribution in [0.1, 0.15) is 11.1 Å². The monoisotopic (exact) mass is 428 g/mol. The van der Waals surface area contributed by atoms with E-state index >= 15 is 0 Å². The van der Waals surface area contributed by atoms with Gasteiger partial charge < -0.3 is 10.1 Å². The fourth-order valence-corrected chi connectivity index (χ4v) is 4.48. The zero-order chi connectivity index (χ0) is 21.1. The molecule has 6 nitrogen and oxygen atoms in total. The van der Waals surface area contributed by atoms with Crippen LogP contribution in [0.15, 0.2) is 48.5 Å². The summed E-state index contributed by atoms with van der Waals surface area (Å²) >= 11 is 0. The van der Waals surface area contributed by atoms with E-state index in [2.05, 4.69) is 5.32 Å². The molecular formula is C19H19F3N2O4S. The number of halogens is 3. The Balaban J connectivity index is 1.51. The molecule has 10 heteroatoms. The molecule has 2 aromatic carbocycles. The van der Waals surface area contributed by atoms with Crippen LogP contribution in [0.4, 0.5) is 18.9 Å². The van der Waals surface area contributed by atoms with Gasteiger partial charge in [0.25, 0.3) is 5.91 Å². The quantitative estimate of drug-likeness (QED) is 0.736. The van der Waals surface area contributed by atoms with E-state index in [1.165, 1.54) is 16.4 Å². The maximum Gasteiger partial charge on any atom is 0.419 e. The molecule has 0 aromatic heterocycles. The van der Waals surface area contributed by atoms with Crippen LogP contribution in [-0.4, -0.2) is 39.8 Å². The number of rotatable bonds is 7. The SMILES string of the molecule is O=C(COc1ccccc1C(F)(F)F)NCCS(=O)(=O)N1CCc2ccccc21. The molecule has 0 saturated carbocycles. The molecule has 0 aliphatic carbocycles. The highest BCUT2D eigenvalue weighted by atomic mass is 32.2. The normalized spacial score (nSPS) is 13.8. The molecule has 2 aromatic rings. The zero-order valence-corrected chi connectivity index (χ0v) is 16.1. The van der Waals surface area contributed by atoms with E-state index in [0.29, 0.717) is 18.7 Å². The maximum absolute atomic E-state index is 12.9. The molecule has 29 heavy (non-hydrogen) atoms.